The standard InChI is InChI=1S/C30H31ClN2O6S4.Na/c1-2-21(18-28-32(14-5-6-16-42(34,35)36)25-20-23(31)11-13-26(25)40-28)19-29-33(15-7-17-43(37,38)39)30-24-9-4-3-8-22(24)10-12-27(30)41-29;/h3-4,8-13,18-20H,2,5-7,14-17H2,1H3,(H-,34,35,36,37,38,39);/q;+1/p-1. The molecule has 5 rings (SSSR count). The summed E-state index contributed by atoms with van der Waals surface area (Å²) in [5.74, 6) is -0.834. The van der Waals surface area contributed by atoms with E-state index in [1.54, 1.807) is 23.1 Å². The predicted molar refractivity (Wildman–Crippen MR) is 174 cm³/mol. The quantitative estimate of drug-likeness (QED) is 0.0954. The first kappa shape index (κ1) is 35.4. The van der Waals surface area contributed by atoms with Crippen molar-refractivity contribution in [2.45, 2.75) is 44.0 Å². The van der Waals surface area contributed by atoms with Crippen molar-refractivity contribution >= 4 is 87.7 Å². The van der Waals surface area contributed by atoms with Crippen LogP contribution in [0.1, 0.15) is 37.6 Å². The second kappa shape index (κ2) is 15.0. The summed E-state index contributed by atoms with van der Waals surface area (Å²) in [7, 11) is -8.61. The Morgan fingerprint density at radius 3 is 2.43 bits per heavy atom. The summed E-state index contributed by atoms with van der Waals surface area (Å²) >= 11 is 9.53. The first-order valence-corrected chi connectivity index (χ1v) is 19.0. The van der Waals surface area contributed by atoms with Crippen LogP contribution in [-0.2, 0) is 26.8 Å². The van der Waals surface area contributed by atoms with Gasteiger partial charge < -0.3 is 14.0 Å². The zero-order valence-electron chi connectivity index (χ0n) is 24.4. The van der Waals surface area contributed by atoms with Crippen molar-refractivity contribution in [3.05, 3.63) is 81.3 Å². The predicted octanol–water partition coefficient (Wildman–Crippen LogP) is 3.51. The normalized spacial score (nSPS) is 14.9. The summed E-state index contributed by atoms with van der Waals surface area (Å²) in [5, 5.41) is 4.63. The van der Waals surface area contributed by atoms with E-state index in [9.17, 15) is 25.9 Å². The zero-order valence-corrected chi connectivity index (χ0v) is 30.4. The number of allylic oxidation sites excluding steroid dienone is 2. The molecule has 44 heavy (non-hydrogen) atoms. The number of unbranched alkanes of at least 4 members (excludes halogenated alkanes) is 1. The molecule has 0 fully saturated rings. The van der Waals surface area contributed by atoms with Crippen LogP contribution < -0.4 is 39.0 Å². The maximum Gasteiger partial charge on any atom is 1.00 e. The van der Waals surface area contributed by atoms with Gasteiger partial charge in [0.15, 0.2) is 6.54 Å². The van der Waals surface area contributed by atoms with Crippen LogP contribution in [0.5, 0.6) is 0 Å². The first-order chi connectivity index (χ1) is 20.4. The van der Waals surface area contributed by atoms with E-state index in [4.69, 9.17) is 11.6 Å². The molecule has 1 aromatic heterocycles. The molecule has 4 aromatic rings. The molecule has 0 amide bonds. The molecule has 14 heteroatoms. The van der Waals surface area contributed by atoms with E-state index in [2.05, 4.69) is 46.7 Å². The number of aryl methyl sites for hydroxylation is 1. The summed E-state index contributed by atoms with van der Waals surface area (Å²) in [6, 6.07) is 17.9. The van der Waals surface area contributed by atoms with E-state index in [-0.39, 0.29) is 42.4 Å². The van der Waals surface area contributed by atoms with E-state index in [1.807, 2.05) is 36.4 Å². The Bertz CT molecular complexity index is 1960. The maximum atomic E-state index is 11.4. The average molecular weight is 701 g/mol. The summed E-state index contributed by atoms with van der Waals surface area (Å²) < 4.78 is 70.7. The molecular formula is C30H30ClN2NaO6S4. The first-order valence-electron chi connectivity index (χ1n) is 13.8. The molecule has 0 unspecified atom stereocenters. The van der Waals surface area contributed by atoms with Crippen LogP contribution in [0.15, 0.2) is 76.2 Å². The zero-order chi connectivity index (χ0) is 30.8. The van der Waals surface area contributed by atoms with Gasteiger partial charge in [0, 0.05) is 40.5 Å². The van der Waals surface area contributed by atoms with Gasteiger partial charge in [0.1, 0.15) is 4.70 Å². The Labute approximate surface area is 293 Å². The van der Waals surface area contributed by atoms with E-state index in [0.29, 0.717) is 31.0 Å². The van der Waals surface area contributed by atoms with Crippen LogP contribution in [-0.4, -0.2) is 44.0 Å². The monoisotopic (exact) mass is 700 g/mol. The van der Waals surface area contributed by atoms with E-state index < -0.39 is 31.7 Å². The van der Waals surface area contributed by atoms with Crippen molar-refractivity contribution in [1.82, 2.24) is 0 Å². The number of halogens is 1. The largest absolute Gasteiger partial charge is 1.00 e. The van der Waals surface area contributed by atoms with Gasteiger partial charge in [-0.05, 0) is 66.6 Å². The number of nitrogens with zero attached hydrogens (tertiary/aromatic N) is 2. The Morgan fingerprint density at radius 2 is 1.70 bits per heavy atom. The number of hydrogen-bond acceptors (Lipinski definition) is 9. The summed E-state index contributed by atoms with van der Waals surface area (Å²) in [6.07, 6.45) is 5.92. The van der Waals surface area contributed by atoms with Crippen LogP contribution >= 0.6 is 34.7 Å². The van der Waals surface area contributed by atoms with Crippen molar-refractivity contribution in [1.29, 1.82) is 0 Å². The number of hydrogen-bond donors (Lipinski definition) is 0. The smallest absolute Gasteiger partial charge is 0.748 e. The Kier molecular flexibility index (Phi) is 12.0. The van der Waals surface area contributed by atoms with Crippen molar-refractivity contribution < 1.29 is 60.1 Å². The maximum absolute atomic E-state index is 11.4. The van der Waals surface area contributed by atoms with Gasteiger partial charge in [0.25, 0.3) is 5.01 Å². The van der Waals surface area contributed by atoms with Gasteiger partial charge in [-0.1, -0.05) is 65.9 Å². The van der Waals surface area contributed by atoms with Gasteiger partial charge in [0.2, 0.25) is 5.52 Å². The van der Waals surface area contributed by atoms with Gasteiger partial charge in [-0.15, -0.1) is 0 Å². The molecular weight excluding hydrogens is 671 g/mol. The fourth-order valence-corrected chi connectivity index (χ4v) is 8.66. The van der Waals surface area contributed by atoms with Crippen LogP contribution in [0.25, 0.3) is 27.1 Å². The van der Waals surface area contributed by atoms with E-state index >= 15 is 0 Å². The fourth-order valence-electron chi connectivity index (χ4n) is 5.13. The van der Waals surface area contributed by atoms with Gasteiger partial charge in [-0.25, -0.2) is 16.8 Å². The third-order valence-electron chi connectivity index (χ3n) is 7.13. The topological polar surface area (TPSA) is 122 Å². The van der Waals surface area contributed by atoms with Gasteiger partial charge in [-0.3, -0.25) is 0 Å². The number of fused-ring (bicyclic) bond motifs is 4. The molecule has 0 bridgehead atoms. The van der Waals surface area contributed by atoms with Crippen molar-refractivity contribution in [2.24, 2.45) is 0 Å². The van der Waals surface area contributed by atoms with Gasteiger partial charge in [0.05, 0.1) is 36.3 Å². The Balaban J connectivity index is 0.00000442. The molecule has 0 N–H and O–H groups in total. The summed E-state index contributed by atoms with van der Waals surface area (Å²) in [5.41, 5.74) is 2.98. The fraction of sp³-hybridized carbons (Fsp3) is 0.300. The molecule has 8 nitrogen and oxygen atoms in total. The van der Waals surface area contributed by atoms with Crippen LogP contribution in [0.3, 0.4) is 0 Å². The molecule has 0 aliphatic carbocycles. The molecule has 0 atom stereocenters. The Hall–Kier alpha value is -1.45. The second-order valence-corrected chi connectivity index (χ2v) is 15.8. The second-order valence-electron chi connectivity index (χ2n) is 10.2. The van der Waals surface area contributed by atoms with E-state index in [0.717, 1.165) is 47.2 Å². The SMILES string of the molecule is CCC(=Cc1sc2ccc3ccccc3c2[n+]1CCCS(=O)(=O)[O-])C=C1Sc2ccc(Cl)cc2N1CCCCS(=O)(=O)[O-].[Na+]. The van der Waals surface area contributed by atoms with Gasteiger partial charge >= 0.3 is 29.6 Å². The van der Waals surface area contributed by atoms with Crippen LogP contribution in [0.2, 0.25) is 5.02 Å². The number of anilines is 1. The number of thiazole rings is 1. The third-order valence-corrected chi connectivity index (χ3v) is 11.2. The molecule has 1 aliphatic rings. The minimum absolute atomic E-state index is 0. The molecule has 228 valence electrons. The molecule has 0 radical (unpaired) electrons. The molecule has 0 saturated carbocycles. The molecule has 0 saturated heterocycles. The van der Waals surface area contributed by atoms with Crippen LogP contribution in [0.4, 0.5) is 5.69 Å². The minimum Gasteiger partial charge on any atom is -0.748 e. The molecule has 3 aromatic carbocycles. The van der Waals surface area contributed by atoms with Crippen LogP contribution in [0, 0.1) is 0 Å². The van der Waals surface area contributed by atoms with Crippen molar-refractivity contribution in [2.75, 3.05) is 23.0 Å². The molecule has 2 heterocycles. The number of thioether (sulfide) groups is 1. The van der Waals surface area contributed by atoms with E-state index in [1.165, 1.54) is 0 Å². The summed E-state index contributed by atoms with van der Waals surface area (Å²) in [6.45, 7) is 2.96. The van der Waals surface area contributed by atoms with Crippen molar-refractivity contribution in [3.8, 4) is 0 Å². The minimum atomic E-state index is -4.34. The number of rotatable bonds is 12. The van der Waals surface area contributed by atoms with Gasteiger partial charge in [-0.2, -0.15) is 4.57 Å². The Morgan fingerprint density at radius 1 is 0.977 bits per heavy atom. The molecule has 0 spiro atoms. The third kappa shape index (κ3) is 8.87. The number of benzene rings is 3. The average Bonchev–Trinajstić information content (AvgIpc) is 3.46. The summed E-state index contributed by atoms with van der Waals surface area (Å²) in [4.78, 5) is 3.14. The van der Waals surface area contributed by atoms with Crippen molar-refractivity contribution in [3.63, 3.8) is 0 Å². The molecule has 1 aliphatic heterocycles. The number of aromatic nitrogens is 1.